The molecule has 7 heteroatoms. The number of methoxy groups -OCH3 is 3. The van der Waals surface area contributed by atoms with Crippen molar-refractivity contribution < 1.29 is 27.5 Å². The molecule has 4 aromatic carbocycles. The molecule has 0 radical (unpaired) electrons. The van der Waals surface area contributed by atoms with E-state index in [2.05, 4.69) is 0 Å². The summed E-state index contributed by atoms with van der Waals surface area (Å²) in [6.07, 6.45) is 1.95. The minimum absolute atomic E-state index is 0.585. The average Bonchev–Trinajstić information content (AvgIpc) is 2.94. The largest absolute Gasteiger partial charge is 0.729 e. The first-order chi connectivity index (χ1) is 17.6. The molecule has 0 aliphatic rings. The smallest absolute Gasteiger partial charge is 0.497 e. The lowest BCUT2D eigenvalue weighted by Gasteiger charge is -2.28. The molecule has 0 unspecified atom stereocenters. The molecule has 4 rings (SSSR count). The van der Waals surface area contributed by atoms with Crippen molar-refractivity contribution in [2.24, 2.45) is 0 Å². The van der Waals surface area contributed by atoms with Gasteiger partial charge in [0.1, 0.15) is 34.5 Å². The third-order valence-electron chi connectivity index (χ3n) is 5.24. The van der Waals surface area contributed by atoms with Crippen LogP contribution in [-0.4, -0.2) is 30.1 Å². The van der Waals surface area contributed by atoms with Crippen LogP contribution in [0, 0.1) is 0 Å². The molecule has 0 bridgehead atoms. The fourth-order valence-corrected chi connectivity index (χ4v) is 5.47. The minimum atomic E-state index is -3.59. The van der Waals surface area contributed by atoms with E-state index in [-0.39, 0.29) is 0 Å². The van der Waals surface area contributed by atoms with Crippen molar-refractivity contribution >= 4 is 14.9 Å². The van der Waals surface area contributed by atoms with Crippen molar-refractivity contribution in [1.82, 2.24) is 0 Å². The van der Waals surface area contributed by atoms with Gasteiger partial charge in [-0.2, -0.15) is 0 Å². The minimum Gasteiger partial charge on any atom is -0.497 e. The third-order valence-corrected chi connectivity index (χ3v) is 7.37. The highest BCUT2D eigenvalue weighted by Gasteiger charge is 2.47. The zero-order valence-corrected chi connectivity index (χ0v) is 21.4. The monoisotopic (exact) mass is 500 g/mol. The molecule has 0 amide bonds. The molecule has 0 fully saturated rings. The highest BCUT2D eigenvalue weighted by molar-refractivity contribution is 6.69. The second kappa shape index (κ2) is 11.9. The first kappa shape index (κ1) is 24.8. The zero-order valence-electron chi connectivity index (χ0n) is 20.4. The van der Waals surface area contributed by atoms with Gasteiger partial charge in [-0.25, -0.2) is 0 Å². The second-order valence-electron chi connectivity index (χ2n) is 7.68. The van der Waals surface area contributed by atoms with Gasteiger partial charge in [-0.3, -0.25) is 0 Å². The van der Waals surface area contributed by atoms with Gasteiger partial charge in [-0.1, -0.05) is 36.4 Å². The molecule has 6 nitrogen and oxygen atoms in total. The van der Waals surface area contributed by atoms with E-state index in [0.29, 0.717) is 17.2 Å². The third kappa shape index (κ3) is 6.61. The van der Waals surface area contributed by atoms with Crippen LogP contribution in [0.15, 0.2) is 109 Å². The molecule has 36 heavy (non-hydrogen) atoms. The molecule has 0 aliphatic heterocycles. The lowest BCUT2D eigenvalue weighted by atomic mass is 10.2. The Morgan fingerprint density at radius 2 is 0.778 bits per heavy atom. The van der Waals surface area contributed by atoms with Gasteiger partial charge >= 0.3 is 8.80 Å². The molecule has 0 spiro atoms. The average molecular weight is 501 g/mol. The standard InChI is InChI=1S/C29H28O6Si/c1-30-24-9-15-27(16-10-24)33-36(22-21-23-7-5-4-6-8-23,34-28-17-11-25(31-2)12-18-28)35-29-19-13-26(32-3)14-20-29/h4-22H,1-3H3/b22-21+. The summed E-state index contributed by atoms with van der Waals surface area (Å²) >= 11 is 0. The van der Waals surface area contributed by atoms with Crippen LogP contribution in [0.4, 0.5) is 0 Å². The van der Waals surface area contributed by atoms with Gasteiger partial charge in [-0.15, -0.1) is 0 Å². The molecule has 0 saturated carbocycles. The maximum atomic E-state index is 6.53. The van der Waals surface area contributed by atoms with Gasteiger partial charge < -0.3 is 27.5 Å². The van der Waals surface area contributed by atoms with Crippen LogP contribution >= 0.6 is 0 Å². The van der Waals surface area contributed by atoms with Crippen molar-refractivity contribution in [3.8, 4) is 34.5 Å². The van der Waals surface area contributed by atoms with Gasteiger partial charge in [0.25, 0.3) is 0 Å². The zero-order chi connectivity index (χ0) is 25.2. The summed E-state index contributed by atoms with van der Waals surface area (Å²) in [5.74, 6) is 3.93. The summed E-state index contributed by atoms with van der Waals surface area (Å²) in [4.78, 5) is 0. The molecule has 0 saturated heterocycles. The Morgan fingerprint density at radius 1 is 0.444 bits per heavy atom. The first-order valence-electron chi connectivity index (χ1n) is 11.3. The molecule has 0 aromatic heterocycles. The fraction of sp³-hybridized carbons (Fsp3) is 0.103. The predicted octanol–water partition coefficient (Wildman–Crippen LogP) is 6.44. The lowest BCUT2D eigenvalue weighted by Crippen LogP contribution is -2.53. The van der Waals surface area contributed by atoms with Crippen LogP contribution in [0.1, 0.15) is 5.56 Å². The number of ether oxygens (including phenoxy) is 3. The van der Waals surface area contributed by atoms with Crippen molar-refractivity contribution in [1.29, 1.82) is 0 Å². The number of hydrogen-bond donors (Lipinski definition) is 0. The van der Waals surface area contributed by atoms with Crippen LogP contribution in [0.2, 0.25) is 0 Å². The summed E-state index contributed by atoms with van der Waals surface area (Å²) in [7, 11) is 1.28. The van der Waals surface area contributed by atoms with E-state index < -0.39 is 8.80 Å². The molecule has 184 valence electrons. The Morgan fingerprint density at radius 3 is 1.11 bits per heavy atom. The van der Waals surface area contributed by atoms with Crippen molar-refractivity contribution in [3.63, 3.8) is 0 Å². The molecule has 0 aliphatic carbocycles. The van der Waals surface area contributed by atoms with Gasteiger partial charge in [0.2, 0.25) is 0 Å². The van der Waals surface area contributed by atoms with Gasteiger partial charge in [0, 0.05) is 5.70 Å². The Bertz CT molecular complexity index is 1120. The van der Waals surface area contributed by atoms with Gasteiger partial charge in [-0.05, 0) is 78.4 Å². The summed E-state index contributed by atoms with van der Waals surface area (Å²) in [6.45, 7) is 0. The van der Waals surface area contributed by atoms with E-state index in [0.717, 1.165) is 22.8 Å². The summed E-state index contributed by atoms with van der Waals surface area (Å²) in [5, 5.41) is 0. The topological polar surface area (TPSA) is 55.4 Å². The fourth-order valence-electron chi connectivity index (χ4n) is 3.35. The van der Waals surface area contributed by atoms with Gasteiger partial charge in [0.05, 0.1) is 21.3 Å². The summed E-state index contributed by atoms with van der Waals surface area (Å²) in [5.41, 5.74) is 2.87. The SMILES string of the molecule is COc1ccc(O[Si](/C=C/c2ccccc2)(Oc2ccc(OC)cc2)Oc2ccc(OC)cc2)cc1. The van der Waals surface area contributed by atoms with E-state index in [1.165, 1.54) is 0 Å². The van der Waals surface area contributed by atoms with Crippen molar-refractivity contribution in [2.75, 3.05) is 21.3 Å². The predicted molar refractivity (Wildman–Crippen MR) is 142 cm³/mol. The molecule has 4 aromatic rings. The van der Waals surface area contributed by atoms with E-state index in [4.69, 9.17) is 27.5 Å². The van der Waals surface area contributed by atoms with Gasteiger partial charge in [0.15, 0.2) is 0 Å². The number of hydrogen-bond acceptors (Lipinski definition) is 6. The summed E-state index contributed by atoms with van der Waals surface area (Å²) < 4.78 is 35.5. The number of rotatable bonds is 11. The van der Waals surface area contributed by atoms with Crippen LogP contribution in [0.5, 0.6) is 34.5 Å². The quantitative estimate of drug-likeness (QED) is 0.221. The van der Waals surface area contributed by atoms with Crippen LogP contribution in [-0.2, 0) is 0 Å². The molecule has 0 N–H and O–H groups in total. The maximum absolute atomic E-state index is 6.53. The Hall–Kier alpha value is -4.36. The van der Waals surface area contributed by atoms with Crippen molar-refractivity contribution in [3.05, 3.63) is 114 Å². The highest BCUT2D eigenvalue weighted by Crippen LogP contribution is 2.29. The van der Waals surface area contributed by atoms with E-state index in [1.807, 2.05) is 115 Å². The second-order valence-corrected chi connectivity index (χ2v) is 9.83. The lowest BCUT2D eigenvalue weighted by molar-refractivity contribution is 0.279. The van der Waals surface area contributed by atoms with Crippen LogP contribution < -0.4 is 27.5 Å². The van der Waals surface area contributed by atoms with E-state index >= 15 is 0 Å². The Labute approximate surface area is 212 Å². The molecular weight excluding hydrogens is 472 g/mol. The first-order valence-corrected chi connectivity index (χ1v) is 13.1. The summed E-state index contributed by atoms with van der Waals surface area (Å²) in [6, 6.07) is 31.9. The maximum Gasteiger partial charge on any atom is 0.729 e. The van der Waals surface area contributed by atoms with Crippen LogP contribution in [0.3, 0.4) is 0 Å². The Balaban J connectivity index is 1.76. The highest BCUT2D eigenvalue weighted by atomic mass is 28.4. The number of benzene rings is 4. The normalized spacial score (nSPS) is 11.1. The van der Waals surface area contributed by atoms with Crippen LogP contribution in [0.25, 0.3) is 6.08 Å². The Kier molecular flexibility index (Phi) is 8.15. The molecule has 0 atom stereocenters. The van der Waals surface area contributed by atoms with E-state index in [1.54, 1.807) is 21.3 Å². The molecule has 0 heterocycles. The van der Waals surface area contributed by atoms with E-state index in [9.17, 15) is 0 Å². The molecular formula is C29H28O6Si. The van der Waals surface area contributed by atoms with Crippen molar-refractivity contribution in [2.45, 2.75) is 0 Å².